The Morgan fingerprint density at radius 2 is 0.571 bits per heavy atom. The van der Waals surface area contributed by atoms with Gasteiger partial charge in [0.05, 0.1) is 22.3 Å². The van der Waals surface area contributed by atoms with Gasteiger partial charge in [0.15, 0.2) is 0 Å². The molecule has 0 saturated carbocycles. The zero-order valence-electron chi connectivity index (χ0n) is 37.5. The Hall–Kier alpha value is -4.12. The molecule has 0 N–H and O–H groups in total. The average Bonchev–Trinajstić information content (AvgIpc) is 3.37. The Bertz CT molecular complexity index is 3190. The molecule has 70 heavy (non-hydrogen) atoms. The first-order chi connectivity index (χ1) is 34.0. The van der Waals surface area contributed by atoms with Gasteiger partial charge in [-0.25, -0.2) is 0 Å². The minimum atomic E-state index is -0.348. The van der Waals surface area contributed by atoms with Crippen LogP contribution in [0.25, 0.3) is 43.1 Å². The van der Waals surface area contributed by atoms with E-state index in [-0.39, 0.29) is 36.7 Å². The molecule has 0 spiro atoms. The third-order valence-electron chi connectivity index (χ3n) is 12.7. The number of carbonyl (C=O) groups is 4. The number of hydrogen-bond donors (Lipinski definition) is 0. The van der Waals surface area contributed by atoms with Crippen molar-refractivity contribution in [2.75, 3.05) is 13.1 Å². The molecule has 0 aliphatic carbocycles. The molecule has 0 fully saturated rings. The normalized spacial score (nSPS) is 13.6. The lowest BCUT2D eigenvalue weighted by atomic mass is 9.82. The van der Waals surface area contributed by atoms with E-state index in [9.17, 15) is 0 Å². The first-order valence-electron chi connectivity index (χ1n) is 22.8. The largest absolute Gasteiger partial charge is 0.274 e. The Morgan fingerprint density at radius 1 is 0.343 bits per heavy atom. The maximum Gasteiger partial charge on any atom is 0.262 e. The summed E-state index contributed by atoms with van der Waals surface area (Å²) in [4.78, 5) is 71.2. The number of unbranched alkanes of at least 4 members (excludes halogenated alkanes) is 2. The van der Waals surface area contributed by atoms with Gasteiger partial charge in [0.1, 0.15) is 0 Å². The van der Waals surface area contributed by atoms with Crippen LogP contribution < -0.4 is 0 Å². The number of amides is 4. The molecule has 0 atom stereocenters. The van der Waals surface area contributed by atoms with E-state index in [1.54, 1.807) is 0 Å². The van der Waals surface area contributed by atoms with E-state index in [4.69, 9.17) is 0 Å². The SMILES string of the molecule is CCCCN1C(=O)c2c(Sc3ccccc3)c(Br)c3c4c(Br)c(Sc5ccccc5)c5c6c(c(Sc7ccccc7)c(Br)c(c7c(Br)c(Sc8ccccc8)c(c2c37)C1=O)c64)C(=O)N(CCCC)C5=O. The summed E-state index contributed by atoms with van der Waals surface area (Å²) in [6, 6.07) is 39.8. The molecule has 0 bridgehead atoms. The van der Waals surface area contributed by atoms with Crippen LogP contribution in [0.4, 0.5) is 0 Å². The molecule has 0 saturated heterocycles. The van der Waals surface area contributed by atoms with E-state index >= 15 is 19.2 Å². The fraction of sp³-hybridized carbons (Fsp3) is 0.143. The molecule has 2 aliphatic rings. The van der Waals surface area contributed by atoms with Gasteiger partial charge in [-0.1, -0.05) is 147 Å². The van der Waals surface area contributed by atoms with Crippen molar-refractivity contribution in [3.8, 4) is 0 Å². The van der Waals surface area contributed by atoms with Crippen LogP contribution in [0.2, 0.25) is 0 Å². The number of fused-ring (bicyclic) bond motifs is 2. The van der Waals surface area contributed by atoms with E-state index in [1.807, 2.05) is 121 Å². The molecule has 9 aromatic rings. The maximum atomic E-state index is 15.5. The average molecular weight is 1250 g/mol. The van der Waals surface area contributed by atoms with Crippen molar-refractivity contribution in [3.05, 3.63) is 161 Å². The molecule has 2 aliphatic heterocycles. The molecule has 14 heteroatoms. The number of nitrogens with zero attached hydrogens (tertiary/aromatic N) is 2. The second kappa shape index (κ2) is 19.7. The van der Waals surface area contributed by atoms with Crippen LogP contribution in [-0.2, 0) is 0 Å². The van der Waals surface area contributed by atoms with Crippen molar-refractivity contribution >= 4 is 177 Å². The second-order valence-corrected chi connectivity index (χ2v) is 24.5. The first kappa shape index (κ1) is 48.2. The Morgan fingerprint density at radius 3 is 0.786 bits per heavy atom. The lowest BCUT2D eigenvalue weighted by molar-refractivity contribution is 0.0588. The van der Waals surface area contributed by atoms with Crippen molar-refractivity contribution in [2.45, 2.75) is 78.7 Å². The highest BCUT2D eigenvalue weighted by atomic mass is 79.9. The molecule has 0 radical (unpaired) electrons. The summed E-state index contributed by atoms with van der Waals surface area (Å²) < 4.78 is 2.67. The number of halogens is 4. The van der Waals surface area contributed by atoms with Crippen LogP contribution >= 0.6 is 111 Å². The van der Waals surface area contributed by atoms with Gasteiger partial charge in [-0.3, -0.25) is 29.0 Å². The van der Waals surface area contributed by atoms with Crippen molar-refractivity contribution in [3.63, 3.8) is 0 Å². The zero-order valence-corrected chi connectivity index (χ0v) is 47.1. The molecule has 4 amide bonds. The van der Waals surface area contributed by atoms with Gasteiger partial charge in [0.25, 0.3) is 23.6 Å². The first-order valence-corrected chi connectivity index (χ1v) is 29.2. The van der Waals surface area contributed by atoms with Crippen LogP contribution in [0.15, 0.2) is 178 Å². The summed E-state index contributed by atoms with van der Waals surface area (Å²) in [7, 11) is 0. The van der Waals surface area contributed by atoms with E-state index < -0.39 is 0 Å². The van der Waals surface area contributed by atoms with Crippen molar-refractivity contribution < 1.29 is 19.2 Å². The topological polar surface area (TPSA) is 74.8 Å². The van der Waals surface area contributed by atoms with Gasteiger partial charge in [0, 0.05) is 113 Å². The fourth-order valence-corrected chi connectivity index (χ4v) is 17.0. The second-order valence-electron chi connectivity index (χ2n) is 17.0. The molecule has 6 nitrogen and oxygen atoms in total. The highest BCUT2D eigenvalue weighted by Crippen LogP contribution is 2.62. The summed E-state index contributed by atoms with van der Waals surface area (Å²) in [6.45, 7) is 4.64. The third-order valence-corrected chi connectivity index (χ3v) is 21.4. The van der Waals surface area contributed by atoms with E-state index in [0.717, 1.165) is 64.7 Å². The Kier molecular flexibility index (Phi) is 13.6. The minimum Gasteiger partial charge on any atom is -0.274 e. The van der Waals surface area contributed by atoms with Crippen LogP contribution in [-0.4, -0.2) is 46.5 Å². The summed E-state index contributed by atoms with van der Waals surface area (Å²) in [5, 5.41) is 5.59. The van der Waals surface area contributed by atoms with Gasteiger partial charge in [-0.15, -0.1) is 0 Å². The Balaban J connectivity index is 1.42. The molecular weight excluding hydrogens is 1210 g/mol. The Labute approximate surface area is 455 Å². The quantitative estimate of drug-likeness (QED) is 0.0606. The van der Waals surface area contributed by atoms with E-state index in [2.05, 4.69) is 77.6 Å². The predicted molar refractivity (Wildman–Crippen MR) is 301 cm³/mol. The van der Waals surface area contributed by atoms with Crippen molar-refractivity contribution in [2.24, 2.45) is 0 Å². The number of hydrogen-bond acceptors (Lipinski definition) is 8. The molecule has 2 heterocycles. The lowest BCUT2D eigenvalue weighted by Gasteiger charge is -2.35. The summed E-state index contributed by atoms with van der Waals surface area (Å²) in [5.74, 6) is -1.39. The van der Waals surface area contributed by atoms with Crippen molar-refractivity contribution in [1.29, 1.82) is 0 Å². The standard InChI is InChI=1S/C56H38Br4N2O4S4/c1-3-5-27-61-53(63)41-35-33-37(45(57)49(41)67-29-19-11-7-12-20-29)39-34-36-43(51(47(39)59)69-31-23-15-9-16-24-31)55(65)62(28-6-4-2)56(66)44(36)52(70-32-25-17-10-18-26-32)48(60)40(34)38(33)46(58)50(42(35)54(61)64)68-30-21-13-8-14-22-30/h7-26H,3-6,27-28H2,1-2H3. The third kappa shape index (κ3) is 7.81. The number of benzene rings is 9. The monoisotopic (exact) mass is 1250 g/mol. The van der Waals surface area contributed by atoms with Crippen molar-refractivity contribution in [1.82, 2.24) is 9.80 Å². The molecule has 348 valence electrons. The highest BCUT2D eigenvalue weighted by molar-refractivity contribution is 9.11. The molecule has 11 rings (SSSR count). The number of carbonyl (C=O) groups excluding carboxylic acids is 4. The smallest absolute Gasteiger partial charge is 0.262 e. The molecular formula is C56H38Br4N2O4S4. The molecule has 9 aromatic carbocycles. The highest BCUT2D eigenvalue weighted by Gasteiger charge is 2.44. The van der Waals surface area contributed by atoms with Gasteiger partial charge in [-0.2, -0.15) is 0 Å². The molecule has 0 unspecified atom stereocenters. The summed E-state index contributed by atoms with van der Waals surface area (Å²) >= 11 is 22.7. The van der Waals surface area contributed by atoms with Gasteiger partial charge in [-0.05, 0) is 125 Å². The number of imide groups is 2. The zero-order chi connectivity index (χ0) is 48.5. The summed E-state index contributed by atoms with van der Waals surface area (Å²) in [6.07, 6.45) is 2.88. The number of rotatable bonds is 14. The minimum absolute atomic E-state index is 0.265. The van der Waals surface area contributed by atoms with Gasteiger partial charge >= 0.3 is 0 Å². The molecule has 0 aromatic heterocycles. The van der Waals surface area contributed by atoms with Gasteiger partial charge < -0.3 is 0 Å². The predicted octanol–water partition coefficient (Wildman–Crippen LogP) is 18.2. The fourth-order valence-electron chi connectivity index (χ4n) is 9.61. The van der Waals surface area contributed by atoms with Crippen LogP contribution in [0.5, 0.6) is 0 Å². The van der Waals surface area contributed by atoms with Crippen LogP contribution in [0.3, 0.4) is 0 Å². The van der Waals surface area contributed by atoms with E-state index in [1.165, 1.54) is 56.8 Å². The summed E-state index contributed by atoms with van der Waals surface area (Å²) in [5.41, 5.74) is 1.80. The van der Waals surface area contributed by atoms with Crippen LogP contribution in [0.1, 0.15) is 81.0 Å². The van der Waals surface area contributed by atoms with E-state index in [0.29, 0.717) is 83.3 Å². The van der Waals surface area contributed by atoms with Gasteiger partial charge in [0.2, 0.25) is 0 Å². The van der Waals surface area contributed by atoms with Crippen LogP contribution in [0, 0.1) is 0 Å². The maximum absolute atomic E-state index is 15.5. The lowest BCUT2D eigenvalue weighted by Crippen LogP contribution is -2.42.